The van der Waals surface area contributed by atoms with Crippen molar-refractivity contribution in [2.45, 2.75) is 120 Å². The summed E-state index contributed by atoms with van der Waals surface area (Å²) in [7, 11) is -5.07. The zero-order valence-corrected chi connectivity index (χ0v) is 56.4. The number of H-pyrrole nitrogens is 3. The van der Waals surface area contributed by atoms with Crippen molar-refractivity contribution in [3.8, 4) is 0 Å². The lowest BCUT2D eigenvalue weighted by Crippen LogP contribution is -2.46. The average Bonchev–Trinajstić information content (AvgIpc) is 1.10. The van der Waals surface area contributed by atoms with Crippen molar-refractivity contribution >= 4 is 13.5 Å². The van der Waals surface area contributed by atoms with Crippen LogP contribution in [0.1, 0.15) is 130 Å². The molecule has 0 amide bonds. The third kappa shape index (κ3) is 21.8. The Morgan fingerprint density at radius 1 is 0.491 bits per heavy atom. The first kappa shape index (κ1) is 83.3. The summed E-state index contributed by atoms with van der Waals surface area (Å²) in [5.74, 6) is -1.50. The Kier molecular flexibility index (Phi) is 25.6. The molecule has 0 radical (unpaired) electrons. The van der Waals surface area contributed by atoms with Crippen LogP contribution in [0.4, 0.5) is 92.2 Å². The summed E-state index contributed by atoms with van der Waals surface area (Å²) in [5.41, 5.74) is -10.0. The fourth-order valence-electron chi connectivity index (χ4n) is 11.3. The van der Waals surface area contributed by atoms with Gasteiger partial charge in [0.1, 0.15) is 29.1 Å². The van der Waals surface area contributed by atoms with Crippen LogP contribution in [0.5, 0.6) is 0 Å². The number of alkyl halides is 18. The minimum Gasteiger partial charge on any atom is -0.349 e. The second kappa shape index (κ2) is 33.2. The molecule has 0 spiro atoms. The molecule has 2 saturated heterocycles. The maximum Gasteiger partial charge on any atom is 0.454 e. The zero-order valence-electron chi connectivity index (χ0n) is 55.5. The Bertz CT molecular complexity index is 4480. The first-order chi connectivity index (χ1) is 50.2. The molecule has 586 valence electrons. The number of aromatic nitrogens is 6. The van der Waals surface area contributed by atoms with Gasteiger partial charge in [0, 0.05) is 18.7 Å². The fraction of sp³-hybridized carbons (Fsp3) is 0.379. The highest BCUT2D eigenvalue weighted by atomic mass is 31.2. The van der Waals surface area contributed by atoms with Gasteiger partial charge in [0.15, 0.2) is 12.6 Å². The minimum atomic E-state index is -5.07. The molecule has 0 unspecified atom stereocenters. The van der Waals surface area contributed by atoms with Crippen molar-refractivity contribution in [2.24, 2.45) is 4.99 Å². The van der Waals surface area contributed by atoms with E-state index in [0.29, 0.717) is 59.6 Å². The van der Waals surface area contributed by atoms with Crippen LogP contribution in [0.15, 0.2) is 142 Å². The number of hydrogen-bond acceptors (Lipinski definition) is 14. The standard InChI is InChI=1S/C23H22F7N4O6P.C23H21F7N4O3.C20H16F7NO2/c1-12(14-8-15(22(25,26)27)10-16(9-14)23(28,29)30)40-20-19(13-2-4-17(24)5-3-13)33(6-7-39-20)11-18-31-21(35)34(32-18)41(36,37)38;1-12(14-8-15(22(25,26)27)10-16(9-14)23(28,29)30)37-20-19(13-2-4-17(24)5-3-13)34(6-7-36-20)11-18-31-21(35)33-32-18;1-11(13-8-14(19(22,23)24)10-15(9-13)20(25,26)27)30-18-17(28-6-7-29-18)12-2-4-16(21)5-3-12/h2-5,8-10,12,19-20H,6-7,11H2,1H3,(H,31,32,35)(H2,36,37,38);2-5,8-10,12,19-20H,6-7,11H2,1H3,(H2,31,32,33,35);2-5,8-11,18H,6-7H2,1H3/t2*12-,19-,20+;11-,18+/m111/s1. The third-order valence-electron chi connectivity index (χ3n) is 16.4. The van der Waals surface area contributed by atoms with Gasteiger partial charge in [0.2, 0.25) is 6.29 Å². The van der Waals surface area contributed by atoms with E-state index in [1.165, 1.54) is 81.4 Å². The van der Waals surface area contributed by atoms with E-state index in [4.69, 9.17) is 28.4 Å². The molecule has 20 nitrogen and oxygen atoms in total. The number of aromatic amines is 3. The van der Waals surface area contributed by atoms with Crippen LogP contribution in [-0.2, 0) is 83.1 Å². The van der Waals surface area contributed by atoms with E-state index in [1.807, 2.05) is 0 Å². The Labute approximate surface area is 595 Å². The first-order valence-electron chi connectivity index (χ1n) is 31.6. The molecule has 42 heteroatoms. The Morgan fingerprint density at radius 3 is 1.18 bits per heavy atom. The van der Waals surface area contributed by atoms with Gasteiger partial charge >= 0.3 is 56.2 Å². The smallest absolute Gasteiger partial charge is 0.349 e. The molecule has 8 atom stereocenters. The van der Waals surface area contributed by atoms with Crippen LogP contribution in [0, 0.1) is 17.5 Å². The monoisotopic (exact) mass is 1580 g/mol. The lowest BCUT2D eigenvalue weighted by Gasteiger charge is -2.41. The molecule has 8 aromatic rings. The van der Waals surface area contributed by atoms with Crippen LogP contribution < -0.4 is 11.4 Å². The summed E-state index contributed by atoms with van der Waals surface area (Å²) in [6, 6.07) is 17.3. The summed E-state index contributed by atoms with van der Waals surface area (Å²) >= 11 is 0. The number of hydrogen-bond donors (Lipinski definition) is 5. The van der Waals surface area contributed by atoms with Crippen molar-refractivity contribution in [1.82, 2.24) is 39.5 Å². The second-order valence-corrected chi connectivity index (χ2v) is 25.6. The number of rotatable bonds is 17. The number of halogens is 21. The lowest BCUT2D eigenvalue weighted by atomic mass is 10.0. The summed E-state index contributed by atoms with van der Waals surface area (Å²) < 4.78 is 325. The van der Waals surface area contributed by atoms with Gasteiger partial charge in [-0.25, -0.2) is 32.4 Å². The van der Waals surface area contributed by atoms with E-state index in [2.05, 4.69) is 30.3 Å². The Hall–Kier alpha value is -8.77. The molecule has 108 heavy (non-hydrogen) atoms. The van der Waals surface area contributed by atoms with Gasteiger partial charge in [-0.3, -0.25) is 24.8 Å². The number of ether oxygens (including phenoxy) is 6. The maximum absolute atomic E-state index is 13.7. The predicted molar refractivity (Wildman–Crippen MR) is 333 cm³/mol. The second-order valence-electron chi connectivity index (χ2n) is 24.1. The van der Waals surface area contributed by atoms with Gasteiger partial charge < -0.3 is 38.2 Å². The zero-order chi connectivity index (χ0) is 79.4. The van der Waals surface area contributed by atoms with Crippen LogP contribution >= 0.6 is 7.75 Å². The van der Waals surface area contributed by atoms with Crippen molar-refractivity contribution in [2.75, 3.05) is 39.5 Å². The highest BCUT2D eigenvalue weighted by Gasteiger charge is 2.44. The van der Waals surface area contributed by atoms with Gasteiger partial charge in [-0.05, 0) is 140 Å². The molecule has 0 aliphatic carbocycles. The molecule has 6 aromatic carbocycles. The van der Waals surface area contributed by atoms with Gasteiger partial charge in [0.05, 0.1) is 109 Å². The van der Waals surface area contributed by atoms with Crippen LogP contribution in [0.25, 0.3) is 0 Å². The molecule has 2 fully saturated rings. The maximum atomic E-state index is 13.7. The highest BCUT2D eigenvalue weighted by Crippen LogP contribution is 2.44. The number of benzene rings is 6. The van der Waals surface area contributed by atoms with Crippen LogP contribution in [0.2, 0.25) is 0 Å². The van der Waals surface area contributed by atoms with Gasteiger partial charge in [-0.15, -0.1) is 9.55 Å². The predicted octanol–water partition coefficient (Wildman–Crippen LogP) is 15.1. The molecule has 3 aliphatic rings. The molecule has 5 N–H and O–H groups in total. The molecule has 11 rings (SSSR count). The summed E-state index contributed by atoms with van der Waals surface area (Å²) in [5, 5.41) is 9.70. The Morgan fingerprint density at radius 2 is 0.843 bits per heavy atom. The normalized spacial score (nSPS) is 19.7. The summed E-state index contributed by atoms with van der Waals surface area (Å²) in [6.07, 6.45) is -37.5. The van der Waals surface area contributed by atoms with Crippen molar-refractivity contribution in [3.05, 3.63) is 244 Å². The van der Waals surface area contributed by atoms with Crippen molar-refractivity contribution in [3.63, 3.8) is 0 Å². The SMILES string of the molecule is C[C@@H](O[C@@H]1OCCN(Cc2n[nH]c(=O)[nH]2)[C@@H]1c1ccc(F)cc1)c1cc(C(F)(F)F)cc(C(F)(F)F)c1.C[C@@H](O[C@@H]1OCCN(Cc2nn(P(=O)(O)O)c(=O)[nH]2)[C@@H]1c1ccc(F)cc1)c1cc(C(F)(F)F)cc(C(F)(F)F)c1.C[C@@H](O[C@@H]1OCCN=C1c1ccc(F)cc1)c1cc(C(F)(F)F)cc(C(F)(F)F)c1. The molecular weight excluding hydrogens is 1520 g/mol. The summed E-state index contributed by atoms with van der Waals surface area (Å²) in [4.78, 5) is 54.3. The largest absolute Gasteiger partial charge is 0.454 e. The van der Waals surface area contributed by atoms with Crippen molar-refractivity contribution in [1.29, 1.82) is 0 Å². The van der Waals surface area contributed by atoms with E-state index < -0.39 is 162 Å². The highest BCUT2D eigenvalue weighted by molar-refractivity contribution is 7.49. The van der Waals surface area contributed by atoms with E-state index >= 15 is 0 Å². The quantitative estimate of drug-likeness (QED) is 0.0420. The van der Waals surface area contributed by atoms with E-state index in [0.717, 1.165) is 12.1 Å². The van der Waals surface area contributed by atoms with Crippen LogP contribution in [0.3, 0.4) is 0 Å². The van der Waals surface area contributed by atoms with Crippen LogP contribution in [-0.4, -0.2) is 113 Å². The average molecular weight is 1580 g/mol. The van der Waals surface area contributed by atoms with Gasteiger partial charge in [0.25, 0.3) is 0 Å². The topological polar surface area (TPSA) is 244 Å². The minimum absolute atomic E-state index is 0.00603. The Balaban J connectivity index is 0.000000189. The molecule has 0 bridgehead atoms. The first-order valence-corrected chi connectivity index (χ1v) is 33.1. The number of aliphatic imine (C=N–C) groups is 1. The molecule has 3 aliphatic heterocycles. The molecule has 0 saturated carbocycles. The molecule has 5 heterocycles. The number of morpholine rings is 2. The van der Waals surface area contributed by atoms with Gasteiger partial charge in [-0.1, -0.05) is 36.4 Å². The molecular formula is C66H59F21N9O11P. The van der Waals surface area contributed by atoms with Gasteiger partial charge in [-0.2, -0.15) is 84.1 Å². The third-order valence-corrected chi connectivity index (χ3v) is 17.2. The number of nitrogens with one attached hydrogen (secondary N) is 3. The lowest BCUT2D eigenvalue weighted by molar-refractivity contribution is -0.231. The van der Waals surface area contributed by atoms with Crippen molar-refractivity contribution < 1.29 is 135 Å². The van der Waals surface area contributed by atoms with E-state index in [1.54, 1.807) is 9.80 Å². The summed E-state index contributed by atoms with van der Waals surface area (Å²) in [6.45, 7) is 4.61. The van der Waals surface area contributed by atoms with E-state index in [9.17, 15) is 116 Å². The molecule has 2 aromatic heterocycles. The number of nitrogens with zero attached hydrogens (tertiary/aromatic N) is 6. The van der Waals surface area contributed by atoms with E-state index in [-0.39, 0.29) is 97.1 Å². The fourth-order valence-corrected chi connectivity index (χ4v) is 11.8.